The van der Waals surface area contributed by atoms with Crippen LogP contribution in [-0.2, 0) is 16.6 Å². The highest BCUT2D eigenvalue weighted by molar-refractivity contribution is 14.0. The minimum atomic E-state index is -3.11. The topological polar surface area (TPSA) is 77.0 Å². The predicted molar refractivity (Wildman–Crippen MR) is 136 cm³/mol. The van der Waals surface area contributed by atoms with E-state index >= 15 is 0 Å². The average molecular weight is 552 g/mol. The SMILES string of the molecule is CCNC(=NCC1CCCN1Cc1ccccc1)NCCCN(C)S(=O)(=O)CC.I. The van der Waals surface area contributed by atoms with Crippen LogP contribution in [0.15, 0.2) is 35.3 Å². The number of benzene rings is 1. The third-order valence-electron chi connectivity index (χ3n) is 5.31. The zero-order valence-corrected chi connectivity index (χ0v) is 21.7. The highest BCUT2D eigenvalue weighted by atomic mass is 127. The van der Waals surface area contributed by atoms with E-state index in [1.807, 2.05) is 0 Å². The molecule has 0 aliphatic carbocycles. The lowest BCUT2D eigenvalue weighted by Crippen LogP contribution is -2.40. The van der Waals surface area contributed by atoms with Crippen molar-refractivity contribution >= 4 is 40.0 Å². The van der Waals surface area contributed by atoms with Gasteiger partial charge in [-0.2, -0.15) is 0 Å². The first-order chi connectivity index (χ1) is 14.0. The van der Waals surface area contributed by atoms with Gasteiger partial charge < -0.3 is 10.6 Å². The second kappa shape index (κ2) is 14.2. The zero-order valence-electron chi connectivity index (χ0n) is 18.5. The number of sulfonamides is 1. The molecule has 0 amide bonds. The number of halogens is 1. The summed E-state index contributed by atoms with van der Waals surface area (Å²) in [6.45, 7) is 8.59. The molecular weight excluding hydrogens is 513 g/mol. The van der Waals surface area contributed by atoms with Gasteiger partial charge in [-0.25, -0.2) is 12.7 Å². The predicted octanol–water partition coefficient (Wildman–Crippen LogP) is 2.50. The summed E-state index contributed by atoms with van der Waals surface area (Å²) < 4.78 is 25.0. The van der Waals surface area contributed by atoms with Crippen molar-refractivity contribution in [1.29, 1.82) is 0 Å². The lowest BCUT2D eigenvalue weighted by atomic mass is 10.2. The lowest BCUT2D eigenvalue weighted by molar-refractivity contribution is 0.250. The molecule has 1 aliphatic rings. The monoisotopic (exact) mass is 551 g/mol. The number of nitrogens with zero attached hydrogens (tertiary/aromatic N) is 3. The Morgan fingerprint density at radius 1 is 1.23 bits per heavy atom. The first kappa shape index (κ1) is 27.1. The molecule has 0 radical (unpaired) electrons. The molecule has 30 heavy (non-hydrogen) atoms. The standard InChI is InChI=1S/C21H37N5O2S.HI/c1-4-22-21(23-14-10-15-25(3)29(27,28)5-2)24-17-20-13-9-16-26(20)18-19-11-7-6-8-12-19;/h6-8,11-12,20H,4-5,9-10,13-18H2,1-3H3,(H2,22,23,24);1H. The number of rotatable bonds is 11. The molecule has 1 fully saturated rings. The summed E-state index contributed by atoms with van der Waals surface area (Å²) in [7, 11) is -1.47. The number of likely N-dealkylation sites (tertiary alicyclic amines) is 1. The number of nitrogens with one attached hydrogen (secondary N) is 2. The molecule has 1 aromatic carbocycles. The second-order valence-electron chi connectivity index (χ2n) is 7.47. The minimum Gasteiger partial charge on any atom is -0.357 e. The smallest absolute Gasteiger partial charge is 0.213 e. The molecule has 0 saturated carbocycles. The number of hydrogen-bond acceptors (Lipinski definition) is 4. The van der Waals surface area contributed by atoms with E-state index in [2.05, 4.69) is 52.8 Å². The molecule has 1 aromatic rings. The van der Waals surface area contributed by atoms with Crippen LogP contribution in [0.25, 0.3) is 0 Å². The maximum absolute atomic E-state index is 11.8. The third-order valence-corrected chi connectivity index (χ3v) is 7.18. The van der Waals surface area contributed by atoms with Crippen molar-refractivity contribution in [2.45, 2.75) is 45.7 Å². The van der Waals surface area contributed by atoms with Crippen molar-refractivity contribution in [1.82, 2.24) is 19.8 Å². The van der Waals surface area contributed by atoms with Gasteiger partial charge in [0.1, 0.15) is 0 Å². The van der Waals surface area contributed by atoms with E-state index in [0.29, 0.717) is 19.1 Å². The van der Waals surface area contributed by atoms with Gasteiger partial charge in [0.15, 0.2) is 5.96 Å². The highest BCUT2D eigenvalue weighted by Gasteiger charge is 2.24. The van der Waals surface area contributed by atoms with Crippen molar-refractivity contribution in [3.05, 3.63) is 35.9 Å². The van der Waals surface area contributed by atoms with Gasteiger partial charge in [0.2, 0.25) is 10.0 Å². The minimum absolute atomic E-state index is 0. The Morgan fingerprint density at radius 2 is 1.97 bits per heavy atom. The molecule has 172 valence electrons. The van der Waals surface area contributed by atoms with Crippen molar-refractivity contribution < 1.29 is 8.42 Å². The molecule has 2 rings (SSSR count). The van der Waals surface area contributed by atoms with Gasteiger partial charge in [-0.05, 0) is 45.2 Å². The van der Waals surface area contributed by atoms with Crippen molar-refractivity contribution in [3.8, 4) is 0 Å². The van der Waals surface area contributed by atoms with Crippen LogP contribution >= 0.6 is 24.0 Å². The molecule has 1 atom stereocenters. The molecule has 0 bridgehead atoms. The van der Waals surface area contributed by atoms with Gasteiger partial charge in [0, 0.05) is 39.3 Å². The van der Waals surface area contributed by atoms with Crippen LogP contribution in [0.5, 0.6) is 0 Å². The van der Waals surface area contributed by atoms with Gasteiger partial charge in [-0.1, -0.05) is 30.3 Å². The summed E-state index contributed by atoms with van der Waals surface area (Å²) in [5.74, 6) is 0.946. The Bertz CT molecular complexity index is 730. The van der Waals surface area contributed by atoms with Crippen LogP contribution in [0.3, 0.4) is 0 Å². The Balaban J connectivity index is 0.00000450. The van der Waals surface area contributed by atoms with E-state index in [1.54, 1.807) is 14.0 Å². The van der Waals surface area contributed by atoms with Gasteiger partial charge in [0.05, 0.1) is 12.3 Å². The first-order valence-electron chi connectivity index (χ1n) is 10.7. The van der Waals surface area contributed by atoms with E-state index in [9.17, 15) is 8.42 Å². The second-order valence-corrected chi connectivity index (χ2v) is 9.84. The molecule has 1 saturated heterocycles. The third kappa shape index (κ3) is 9.07. The van der Waals surface area contributed by atoms with Crippen LogP contribution in [0.4, 0.5) is 0 Å². The highest BCUT2D eigenvalue weighted by Crippen LogP contribution is 2.20. The van der Waals surface area contributed by atoms with E-state index in [4.69, 9.17) is 4.99 Å². The normalized spacial score (nSPS) is 17.7. The summed E-state index contributed by atoms with van der Waals surface area (Å²) >= 11 is 0. The van der Waals surface area contributed by atoms with Crippen LogP contribution in [0, 0.1) is 0 Å². The van der Waals surface area contributed by atoms with Crippen LogP contribution in [0.1, 0.15) is 38.7 Å². The fourth-order valence-corrected chi connectivity index (χ4v) is 4.38. The summed E-state index contributed by atoms with van der Waals surface area (Å²) in [4.78, 5) is 7.31. The summed E-state index contributed by atoms with van der Waals surface area (Å²) in [6.07, 6.45) is 3.13. The Labute approximate surface area is 199 Å². The molecule has 0 aromatic heterocycles. The molecule has 0 spiro atoms. The number of hydrogen-bond donors (Lipinski definition) is 2. The fraction of sp³-hybridized carbons (Fsp3) is 0.667. The van der Waals surface area contributed by atoms with E-state index < -0.39 is 10.0 Å². The van der Waals surface area contributed by atoms with Crippen molar-refractivity contribution in [2.24, 2.45) is 4.99 Å². The van der Waals surface area contributed by atoms with E-state index in [-0.39, 0.29) is 29.7 Å². The molecule has 9 heteroatoms. The van der Waals surface area contributed by atoms with Gasteiger partial charge in [-0.15, -0.1) is 24.0 Å². The van der Waals surface area contributed by atoms with E-state index in [0.717, 1.165) is 38.6 Å². The molecule has 2 N–H and O–H groups in total. The summed E-state index contributed by atoms with van der Waals surface area (Å²) in [5.41, 5.74) is 1.35. The fourth-order valence-electron chi connectivity index (χ4n) is 3.53. The summed E-state index contributed by atoms with van der Waals surface area (Å²) in [5, 5.41) is 6.62. The number of aliphatic imine (C=N–C) groups is 1. The van der Waals surface area contributed by atoms with Crippen LogP contribution in [0.2, 0.25) is 0 Å². The Kier molecular flexibility index (Phi) is 12.8. The van der Waals surface area contributed by atoms with Crippen molar-refractivity contribution in [2.75, 3.05) is 45.5 Å². The molecule has 7 nitrogen and oxygen atoms in total. The maximum atomic E-state index is 11.8. The maximum Gasteiger partial charge on any atom is 0.213 e. The number of guanidine groups is 1. The van der Waals surface area contributed by atoms with Crippen LogP contribution in [-0.4, -0.2) is 75.1 Å². The van der Waals surface area contributed by atoms with E-state index in [1.165, 1.54) is 22.7 Å². The largest absolute Gasteiger partial charge is 0.357 e. The van der Waals surface area contributed by atoms with Crippen molar-refractivity contribution in [3.63, 3.8) is 0 Å². The Morgan fingerprint density at radius 3 is 2.63 bits per heavy atom. The molecule has 1 unspecified atom stereocenters. The summed E-state index contributed by atoms with van der Waals surface area (Å²) in [6, 6.07) is 11.1. The zero-order chi connectivity index (χ0) is 21.1. The van der Waals surface area contributed by atoms with Crippen LogP contribution < -0.4 is 10.6 Å². The first-order valence-corrected chi connectivity index (χ1v) is 12.3. The van der Waals surface area contributed by atoms with Gasteiger partial charge in [0.25, 0.3) is 0 Å². The quantitative estimate of drug-likeness (QED) is 0.191. The Hall–Kier alpha value is -0.910. The van der Waals surface area contributed by atoms with Gasteiger partial charge >= 0.3 is 0 Å². The molecular formula is C21H38IN5O2S. The lowest BCUT2D eigenvalue weighted by Gasteiger charge is -2.23. The molecule has 1 aliphatic heterocycles. The average Bonchev–Trinajstić information content (AvgIpc) is 3.16. The van der Waals surface area contributed by atoms with Gasteiger partial charge in [-0.3, -0.25) is 9.89 Å². The molecule has 1 heterocycles.